The zero-order valence-electron chi connectivity index (χ0n) is 27.5. The van der Waals surface area contributed by atoms with E-state index >= 15 is 0 Å². The zero-order valence-corrected chi connectivity index (χ0v) is 30.5. The number of carbonyl (C=O) groups excluding carboxylic acids is 1. The van der Waals surface area contributed by atoms with Gasteiger partial charge in [0.15, 0.2) is 25.0 Å². The molecule has 5 atom stereocenters. The molecule has 0 N–H and O–H groups in total. The molecule has 3 unspecified atom stereocenters. The van der Waals surface area contributed by atoms with Crippen LogP contribution in [0.3, 0.4) is 0 Å². The van der Waals surface area contributed by atoms with Crippen LogP contribution in [0.5, 0.6) is 0 Å². The van der Waals surface area contributed by atoms with Crippen molar-refractivity contribution in [3.63, 3.8) is 0 Å². The molecule has 1 rings (SSSR count). The minimum absolute atomic E-state index is 0.137. The second-order valence-corrected chi connectivity index (χ2v) is 27.9. The van der Waals surface area contributed by atoms with E-state index in [1.807, 2.05) is 0 Å². The molecule has 0 aliphatic heterocycles. The lowest BCUT2D eigenvalue weighted by Gasteiger charge is -2.35. The Morgan fingerprint density at radius 1 is 0.872 bits per heavy atom. The Hall–Kier alpha value is -0.519. The summed E-state index contributed by atoms with van der Waals surface area (Å²) in [5, 5.41) is 0. The van der Waals surface area contributed by atoms with Gasteiger partial charge in [-0.3, -0.25) is 4.79 Å². The van der Waals surface area contributed by atoms with E-state index in [0.29, 0.717) is 12.3 Å². The minimum Gasteiger partial charge on any atom is -0.469 e. The van der Waals surface area contributed by atoms with Crippen LogP contribution in [-0.2, 0) is 22.8 Å². The largest absolute Gasteiger partial charge is 0.469 e. The number of rotatable bonds is 18. The minimum atomic E-state index is -1.75. The molecule has 8 heteroatoms. The normalized spacial score (nSPS) is 24.5. The van der Waals surface area contributed by atoms with Crippen molar-refractivity contribution in [2.75, 3.05) is 7.11 Å². The molecule has 0 amide bonds. The molecular weight excluding hydrogens is 537 g/mol. The third-order valence-electron chi connectivity index (χ3n) is 6.92. The van der Waals surface area contributed by atoms with Crippen molar-refractivity contribution < 1.29 is 22.8 Å². The number of hydrogen-bond acceptors (Lipinski definition) is 5. The van der Waals surface area contributed by atoms with Gasteiger partial charge in [-0.1, -0.05) is 50.5 Å². The van der Waals surface area contributed by atoms with Crippen LogP contribution in [0.15, 0.2) is 24.3 Å². The van der Waals surface area contributed by atoms with Crippen LogP contribution >= 0.6 is 0 Å². The van der Waals surface area contributed by atoms with Gasteiger partial charge in [0.25, 0.3) is 0 Å². The highest BCUT2D eigenvalue weighted by atomic mass is 28.4. The van der Waals surface area contributed by atoms with Crippen molar-refractivity contribution in [2.45, 2.75) is 148 Å². The first-order valence-corrected chi connectivity index (χ1v) is 25.6. The van der Waals surface area contributed by atoms with Crippen LogP contribution in [0.2, 0.25) is 58.9 Å². The van der Waals surface area contributed by atoms with Crippen molar-refractivity contribution in [1.82, 2.24) is 0 Å². The van der Waals surface area contributed by atoms with Gasteiger partial charge in [-0.15, -0.1) is 0 Å². The van der Waals surface area contributed by atoms with E-state index in [1.165, 1.54) is 26.4 Å². The molecule has 39 heavy (non-hydrogen) atoms. The van der Waals surface area contributed by atoms with Crippen molar-refractivity contribution in [1.29, 1.82) is 0 Å². The zero-order chi connectivity index (χ0) is 29.9. The van der Waals surface area contributed by atoms with Gasteiger partial charge in [0.1, 0.15) is 0 Å². The molecule has 1 fully saturated rings. The topological polar surface area (TPSA) is 54.0 Å². The first-order chi connectivity index (χ1) is 17.9. The summed E-state index contributed by atoms with van der Waals surface area (Å²) in [4.78, 5) is 11.5. The average Bonchev–Trinajstić information content (AvgIpc) is 3.05. The summed E-state index contributed by atoms with van der Waals surface area (Å²) in [7, 11) is -3.76. The van der Waals surface area contributed by atoms with Crippen molar-refractivity contribution in [3.05, 3.63) is 24.3 Å². The van der Waals surface area contributed by atoms with Gasteiger partial charge in [0.05, 0.1) is 24.9 Å². The van der Waals surface area contributed by atoms with E-state index in [0.717, 1.165) is 32.1 Å². The summed E-state index contributed by atoms with van der Waals surface area (Å²) in [6.07, 6.45) is 18.5. The lowest BCUT2D eigenvalue weighted by Crippen LogP contribution is -2.40. The predicted octanol–water partition coefficient (Wildman–Crippen LogP) is 9.10. The van der Waals surface area contributed by atoms with Crippen molar-refractivity contribution >= 4 is 30.9 Å². The molecule has 1 aliphatic rings. The summed E-state index contributed by atoms with van der Waals surface area (Å²) in [6, 6.07) is 0. The fourth-order valence-corrected chi connectivity index (χ4v) is 9.49. The number of unbranched alkanes of at least 4 members (excludes halogenated alkanes) is 3. The van der Waals surface area contributed by atoms with Crippen molar-refractivity contribution in [2.24, 2.45) is 11.8 Å². The van der Waals surface area contributed by atoms with E-state index in [9.17, 15) is 4.79 Å². The number of ether oxygens (including phenoxy) is 1. The lowest BCUT2D eigenvalue weighted by molar-refractivity contribution is -0.140. The van der Waals surface area contributed by atoms with E-state index in [1.54, 1.807) is 0 Å². The van der Waals surface area contributed by atoms with Gasteiger partial charge in [-0.05, 0) is 104 Å². The molecule has 0 aromatic heterocycles. The maximum Gasteiger partial charge on any atom is 0.305 e. The SMILES string of the molecule is CCCCCC(C)(/C=C/[C@H]1C(O[Si](C)(C)C)CC(O[Si](C)(C)C)[C@@H]1C/C=C\CCCC(=O)OC)O[Si](C)(C)C. The number of carbonyl (C=O) groups is 1. The Kier molecular flexibility index (Phi) is 15.2. The highest BCUT2D eigenvalue weighted by Gasteiger charge is 2.45. The molecule has 0 bridgehead atoms. The maximum absolute atomic E-state index is 11.5. The van der Waals surface area contributed by atoms with Crippen LogP contribution in [0.1, 0.15) is 71.6 Å². The monoisotopic (exact) mass is 598 g/mol. The average molecular weight is 599 g/mol. The summed E-state index contributed by atoms with van der Waals surface area (Å²) < 4.78 is 25.3. The van der Waals surface area contributed by atoms with Gasteiger partial charge in [0, 0.05) is 12.3 Å². The third-order valence-corrected chi connectivity index (χ3v) is 10.0. The second kappa shape index (κ2) is 16.2. The highest BCUT2D eigenvalue weighted by Crippen LogP contribution is 2.43. The Morgan fingerprint density at radius 2 is 1.49 bits per heavy atom. The molecular formula is C31H62O5Si3. The number of hydrogen-bond donors (Lipinski definition) is 0. The standard InChI is InChI=1S/C31H62O5Si3/c1-13-14-19-23-31(2,36-39(10,11)12)24-22-27-26(20-17-15-16-18-21-30(32)33-3)28(34-37(4,5)6)25-29(27)35-38(7,8)9/h15,17,22,24,26-29H,13-14,16,18-21,23,25H2,1-12H3/b17-15-,24-22+/t26-,27-,28?,29?,31?/m1/s1. The summed E-state index contributed by atoms with van der Waals surface area (Å²) in [6.45, 7) is 25.2. The fourth-order valence-electron chi connectivity index (χ4n) is 5.58. The second-order valence-electron chi connectivity index (χ2n) is 14.5. The van der Waals surface area contributed by atoms with Crippen LogP contribution in [0.4, 0.5) is 0 Å². The number of allylic oxidation sites excluding steroid dienone is 2. The molecule has 0 spiro atoms. The Bertz CT molecular complexity index is 779. The molecule has 0 aromatic carbocycles. The third kappa shape index (κ3) is 15.9. The molecule has 0 aromatic rings. The molecule has 1 saturated carbocycles. The molecule has 5 nitrogen and oxygen atoms in total. The quantitative estimate of drug-likeness (QED) is 0.0681. The molecule has 0 radical (unpaired) electrons. The predicted molar refractivity (Wildman–Crippen MR) is 174 cm³/mol. The summed E-state index contributed by atoms with van der Waals surface area (Å²) in [5.74, 6) is 0.508. The van der Waals surface area contributed by atoms with E-state index in [-0.39, 0.29) is 29.7 Å². The van der Waals surface area contributed by atoms with E-state index in [4.69, 9.17) is 18.0 Å². The van der Waals surface area contributed by atoms with E-state index in [2.05, 4.69) is 97.1 Å². The molecule has 0 saturated heterocycles. The van der Waals surface area contributed by atoms with Gasteiger partial charge in [-0.2, -0.15) is 0 Å². The first kappa shape index (κ1) is 36.5. The fraction of sp³-hybridized carbons (Fsp3) is 0.839. The van der Waals surface area contributed by atoms with Crippen LogP contribution < -0.4 is 0 Å². The maximum atomic E-state index is 11.5. The Labute approximate surface area is 244 Å². The first-order valence-electron chi connectivity index (χ1n) is 15.3. The molecule has 1 aliphatic carbocycles. The highest BCUT2D eigenvalue weighted by molar-refractivity contribution is 6.70. The lowest BCUT2D eigenvalue weighted by atomic mass is 9.88. The van der Waals surface area contributed by atoms with Crippen LogP contribution in [0, 0.1) is 11.8 Å². The summed E-state index contributed by atoms with van der Waals surface area (Å²) >= 11 is 0. The summed E-state index contributed by atoms with van der Waals surface area (Å²) in [5.41, 5.74) is -0.255. The molecule has 0 heterocycles. The van der Waals surface area contributed by atoms with Gasteiger partial charge in [0.2, 0.25) is 0 Å². The van der Waals surface area contributed by atoms with Gasteiger partial charge >= 0.3 is 5.97 Å². The molecule has 228 valence electrons. The van der Waals surface area contributed by atoms with Crippen LogP contribution in [-0.4, -0.2) is 55.8 Å². The van der Waals surface area contributed by atoms with Gasteiger partial charge in [-0.25, -0.2) is 0 Å². The number of esters is 1. The number of methoxy groups -OCH3 is 1. The van der Waals surface area contributed by atoms with Crippen molar-refractivity contribution in [3.8, 4) is 0 Å². The van der Waals surface area contributed by atoms with E-state index < -0.39 is 25.0 Å². The van der Waals surface area contributed by atoms with Crippen LogP contribution in [0.25, 0.3) is 0 Å². The Morgan fingerprint density at radius 3 is 2.03 bits per heavy atom. The van der Waals surface area contributed by atoms with Gasteiger partial charge < -0.3 is 18.0 Å². The Balaban J connectivity index is 3.28. The smallest absolute Gasteiger partial charge is 0.305 e.